The first-order valence-corrected chi connectivity index (χ1v) is 6.90. The summed E-state index contributed by atoms with van der Waals surface area (Å²) in [5.41, 5.74) is 11.4. The zero-order valence-corrected chi connectivity index (χ0v) is 11.1. The van der Waals surface area contributed by atoms with Crippen molar-refractivity contribution in [2.75, 3.05) is 0 Å². The highest BCUT2D eigenvalue weighted by molar-refractivity contribution is 5.86. The lowest BCUT2D eigenvalue weighted by atomic mass is 10.0. The van der Waals surface area contributed by atoms with Gasteiger partial charge in [-0.3, -0.25) is 0 Å². The second-order valence-electron chi connectivity index (χ2n) is 5.19. The lowest BCUT2D eigenvalue weighted by molar-refractivity contribution is 0.571. The summed E-state index contributed by atoms with van der Waals surface area (Å²) in [6.07, 6.45) is 4.01. The Kier molecular flexibility index (Phi) is 2.43. The molecule has 0 saturated heterocycles. The average Bonchev–Trinajstić information content (AvgIpc) is 2.87. The van der Waals surface area contributed by atoms with Gasteiger partial charge in [0.25, 0.3) is 0 Å². The quantitative estimate of drug-likeness (QED) is 0.731. The third-order valence-electron chi connectivity index (χ3n) is 3.89. The van der Waals surface area contributed by atoms with Crippen LogP contribution >= 0.6 is 0 Å². The Morgan fingerprint density at radius 3 is 2.65 bits per heavy atom. The topological polar surface area (TPSA) is 39.2 Å². The van der Waals surface area contributed by atoms with E-state index in [1.165, 1.54) is 11.1 Å². The van der Waals surface area contributed by atoms with E-state index in [0.29, 0.717) is 0 Å². The molecule has 0 spiro atoms. The van der Waals surface area contributed by atoms with Crippen LogP contribution < -0.4 is 16.4 Å². The Morgan fingerprint density at radius 2 is 1.80 bits per heavy atom. The van der Waals surface area contributed by atoms with E-state index in [-0.39, 0.29) is 0 Å². The summed E-state index contributed by atoms with van der Waals surface area (Å²) >= 11 is 0. The first-order chi connectivity index (χ1) is 9.83. The molecule has 0 unspecified atom stereocenters. The van der Waals surface area contributed by atoms with Gasteiger partial charge in [0.1, 0.15) is 11.0 Å². The van der Waals surface area contributed by atoms with Crippen LogP contribution in [0.1, 0.15) is 12.8 Å². The number of fused-ring (bicyclic) bond motifs is 3. The van der Waals surface area contributed by atoms with Gasteiger partial charge in [0.2, 0.25) is 0 Å². The van der Waals surface area contributed by atoms with Crippen LogP contribution in [0.25, 0.3) is 33.9 Å². The molecule has 1 aromatic heterocycles. The molecule has 2 aromatic carbocycles. The molecular weight excluding hydrogens is 246 g/mol. The van der Waals surface area contributed by atoms with Crippen LogP contribution in [0.4, 0.5) is 0 Å². The summed E-state index contributed by atoms with van der Waals surface area (Å²) in [5, 5.41) is 2.21. The van der Waals surface area contributed by atoms with E-state index >= 15 is 0 Å². The van der Waals surface area contributed by atoms with Crippen LogP contribution in [-0.2, 0) is 0 Å². The highest BCUT2D eigenvalue weighted by Gasteiger charge is 2.10. The molecule has 0 amide bonds. The highest BCUT2D eigenvalue weighted by atomic mass is 16.3. The molecule has 1 heterocycles. The second kappa shape index (κ2) is 4.27. The minimum atomic E-state index is 0.913. The zero-order valence-electron chi connectivity index (χ0n) is 11.1. The van der Waals surface area contributed by atoms with Crippen molar-refractivity contribution >= 4 is 22.7 Å². The van der Waals surface area contributed by atoms with Crippen LogP contribution in [0.2, 0.25) is 0 Å². The minimum Gasteiger partial charge on any atom is -0.456 e. The molecular formula is C18H15NO. The second-order valence-corrected chi connectivity index (χ2v) is 5.19. The van der Waals surface area contributed by atoms with Crippen molar-refractivity contribution in [2.24, 2.45) is 5.73 Å². The Morgan fingerprint density at radius 1 is 0.950 bits per heavy atom. The molecule has 0 radical (unpaired) electrons. The van der Waals surface area contributed by atoms with E-state index in [2.05, 4.69) is 42.5 Å². The fourth-order valence-corrected chi connectivity index (χ4v) is 2.89. The molecule has 98 valence electrons. The van der Waals surface area contributed by atoms with E-state index in [1.807, 2.05) is 12.1 Å². The van der Waals surface area contributed by atoms with Gasteiger partial charge in [-0.1, -0.05) is 36.4 Å². The lowest BCUT2D eigenvalue weighted by Crippen LogP contribution is -2.29. The van der Waals surface area contributed by atoms with Crippen LogP contribution in [0.3, 0.4) is 0 Å². The summed E-state index contributed by atoms with van der Waals surface area (Å²) < 4.78 is 5.90. The smallest absolute Gasteiger partial charge is 0.135 e. The third kappa shape index (κ3) is 1.65. The molecule has 3 aromatic rings. The number of benzene rings is 2. The Balaban J connectivity index is 2.06. The number of nitrogens with two attached hydrogens (primary N) is 1. The maximum absolute atomic E-state index is 6.18. The first kappa shape index (κ1) is 11.4. The number of hydrogen-bond donors (Lipinski definition) is 1. The van der Waals surface area contributed by atoms with Crippen LogP contribution in [0.15, 0.2) is 52.9 Å². The summed E-state index contributed by atoms with van der Waals surface area (Å²) in [6.45, 7) is 0. The van der Waals surface area contributed by atoms with Gasteiger partial charge in [0.15, 0.2) is 0 Å². The number of rotatable bonds is 1. The molecule has 1 aliphatic rings. The molecule has 0 bridgehead atoms. The van der Waals surface area contributed by atoms with Gasteiger partial charge in [-0.2, -0.15) is 0 Å². The van der Waals surface area contributed by atoms with Crippen molar-refractivity contribution < 1.29 is 4.42 Å². The van der Waals surface area contributed by atoms with Crippen molar-refractivity contribution in [3.05, 3.63) is 59.2 Å². The minimum absolute atomic E-state index is 0.913. The molecule has 20 heavy (non-hydrogen) atoms. The Hall–Kier alpha value is -2.48. The van der Waals surface area contributed by atoms with Crippen molar-refractivity contribution in [1.82, 2.24) is 0 Å². The van der Waals surface area contributed by atoms with Crippen LogP contribution in [0.5, 0.6) is 0 Å². The number of furan rings is 1. The van der Waals surface area contributed by atoms with E-state index in [1.54, 1.807) is 0 Å². The predicted molar refractivity (Wildman–Crippen MR) is 82.2 cm³/mol. The van der Waals surface area contributed by atoms with E-state index in [9.17, 15) is 0 Å². The molecule has 0 aliphatic heterocycles. The average molecular weight is 261 g/mol. The van der Waals surface area contributed by atoms with Gasteiger partial charge in [0.05, 0.1) is 0 Å². The standard InChI is InChI=1S/C18H15NO/c19-15-7-4-8-17-18(15)14-11-13(9-10-16(14)20-17)12-5-2-1-3-6-12/h1-3,5-6,8-11H,4,7,19H2. The summed E-state index contributed by atoms with van der Waals surface area (Å²) in [5.74, 6) is 0. The van der Waals surface area contributed by atoms with E-state index in [0.717, 1.165) is 40.1 Å². The maximum atomic E-state index is 6.18. The Bertz CT molecular complexity index is 904. The molecule has 0 atom stereocenters. The molecule has 4 rings (SSSR count). The summed E-state index contributed by atoms with van der Waals surface area (Å²) in [6, 6.07) is 16.7. The van der Waals surface area contributed by atoms with Crippen LogP contribution in [0, 0.1) is 0 Å². The van der Waals surface area contributed by atoms with Gasteiger partial charge < -0.3 is 10.2 Å². The fraction of sp³-hybridized carbons (Fsp3) is 0.111. The lowest BCUT2D eigenvalue weighted by Gasteiger charge is -2.03. The van der Waals surface area contributed by atoms with Gasteiger partial charge in [-0.25, -0.2) is 0 Å². The van der Waals surface area contributed by atoms with Crippen molar-refractivity contribution in [3.63, 3.8) is 0 Å². The normalized spacial score (nSPS) is 14.1. The zero-order chi connectivity index (χ0) is 13.5. The molecule has 2 N–H and O–H groups in total. The molecule has 0 saturated carbocycles. The van der Waals surface area contributed by atoms with Crippen molar-refractivity contribution in [2.45, 2.75) is 12.8 Å². The fourth-order valence-electron chi connectivity index (χ4n) is 2.89. The van der Waals surface area contributed by atoms with Gasteiger partial charge in [-0.05, 0) is 42.2 Å². The van der Waals surface area contributed by atoms with Crippen LogP contribution in [-0.4, -0.2) is 0 Å². The first-order valence-electron chi connectivity index (χ1n) is 6.90. The molecule has 1 aliphatic carbocycles. The Labute approximate surface area is 116 Å². The largest absolute Gasteiger partial charge is 0.456 e. The monoisotopic (exact) mass is 261 g/mol. The van der Waals surface area contributed by atoms with Crippen molar-refractivity contribution in [3.8, 4) is 11.1 Å². The molecule has 2 heteroatoms. The number of hydrogen-bond acceptors (Lipinski definition) is 2. The predicted octanol–water partition coefficient (Wildman–Crippen LogP) is 2.74. The van der Waals surface area contributed by atoms with Gasteiger partial charge in [0, 0.05) is 16.3 Å². The van der Waals surface area contributed by atoms with E-state index < -0.39 is 0 Å². The van der Waals surface area contributed by atoms with Gasteiger partial charge in [-0.15, -0.1) is 0 Å². The third-order valence-corrected chi connectivity index (χ3v) is 3.89. The molecule has 0 fully saturated rings. The van der Waals surface area contributed by atoms with Gasteiger partial charge >= 0.3 is 0 Å². The van der Waals surface area contributed by atoms with E-state index in [4.69, 9.17) is 10.2 Å². The highest BCUT2D eigenvalue weighted by Crippen LogP contribution is 2.23. The van der Waals surface area contributed by atoms with Crippen molar-refractivity contribution in [1.29, 1.82) is 0 Å². The SMILES string of the molecule is NC1=c2c(oc3ccc(-c4ccccc4)cc23)=CCC1. The molecule has 2 nitrogen and oxygen atoms in total. The maximum Gasteiger partial charge on any atom is 0.135 e. The summed E-state index contributed by atoms with van der Waals surface area (Å²) in [4.78, 5) is 0. The summed E-state index contributed by atoms with van der Waals surface area (Å²) in [7, 11) is 0.